The number of benzene rings is 3. The predicted octanol–water partition coefficient (Wildman–Crippen LogP) is 3.98. The van der Waals surface area contributed by atoms with Gasteiger partial charge in [0.1, 0.15) is 12.4 Å². The van der Waals surface area contributed by atoms with Crippen molar-refractivity contribution in [3.63, 3.8) is 0 Å². The molecule has 0 atom stereocenters. The molecule has 3 aromatic carbocycles. The Morgan fingerprint density at radius 1 is 0.871 bits per heavy atom. The van der Waals surface area contributed by atoms with Crippen LogP contribution in [0.2, 0.25) is 0 Å². The van der Waals surface area contributed by atoms with Gasteiger partial charge in [-0.1, -0.05) is 78.6 Å². The minimum atomic E-state index is -0.392. The molecule has 0 spiro atoms. The van der Waals surface area contributed by atoms with Crippen LogP contribution in [0.1, 0.15) is 24.0 Å². The molecule has 0 saturated carbocycles. The second-order valence-corrected chi connectivity index (χ2v) is 6.82. The topological polar surface area (TPSA) is 67.4 Å². The van der Waals surface area contributed by atoms with E-state index in [1.807, 2.05) is 60.7 Å². The number of ether oxygens (including phenoxy) is 1. The normalized spacial score (nSPS) is 10.0. The van der Waals surface area contributed by atoms with Gasteiger partial charge in [-0.25, -0.2) is 0 Å². The molecular formula is C26H24N2O3. The molecule has 31 heavy (non-hydrogen) atoms. The van der Waals surface area contributed by atoms with E-state index in [0.29, 0.717) is 11.4 Å². The maximum Gasteiger partial charge on any atom is 0.232 e. The van der Waals surface area contributed by atoms with Crippen LogP contribution in [0.25, 0.3) is 0 Å². The Hall–Kier alpha value is -4.04. The van der Waals surface area contributed by atoms with Crippen LogP contribution in [0.5, 0.6) is 5.75 Å². The number of carbonyl (C=O) groups is 2. The molecule has 0 aliphatic carbocycles. The fourth-order valence-corrected chi connectivity index (χ4v) is 3.12. The highest BCUT2D eigenvalue weighted by Gasteiger charge is 2.21. The molecule has 0 radical (unpaired) electrons. The third-order valence-corrected chi connectivity index (χ3v) is 4.47. The zero-order chi connectivity index (χ0) is 21.9. The van der Waals surface area contributed by atoms with Gasteiger partial charge in [-0.15, -0.1) is 0 Å². The molecule has 2 N–H and O–H groups in total. The maximum atomic E-state index is 12.9. The fourth-order valence-electron chi connectivity index (χ4n) is 3.12. The van der Waals surface area contributed by atoms with E-state index in [0.717, 1.165) is 11.1 Å². The largest absolute Gasteiger partial charge is 0.481 e. The molecule has 0 fully saturated rings. The third kappa shape index (κ3) is 6.76. The second kappa shape index (κ2) is 11.2. The van der Waals surface area contributed by atoms with E-state index < -0.39 is 5.92 Å². The SMILES string of the molecule is CC(=O)Nc1cccc(OCC#CCNC(=O)C(c2ccccc2)c2ccccc2)c1. The Labute approximate surface area is 182 Å². The van der Waals surface area contributed by atoms with Crippen molar-refractivity contribution in [1.29, 1.82) is 0 Å². The molecule has 2 amide bonds. The maximum absolute atomic E-state index is 12.9. The van der Waals surface area contributed by atoms with E-state index in [1.54, 1.807) is 24.3 Å². The van der Waals surface area contributed by atoms with Crippen molar-refractivity contribution in [2.24, 2.45) is 0 Å². The van der Waals surface area contributed by atoms with Gasteiger partial charge in [-0.3, -0.25) is 9.59 Å². The van der Waals surface area contributed by atoms with Crippen molar-refractivity contribution in [2.75, 3.05) is 18.5 Å². The number of hydrogen-bond donors (Lipinski definition) is 2. The van der Waals surface area contributed by atoms with Crippen LogP contribution in [-0.4, -0.2) is 25.0 Å². The lowest BCUT2D eigenvalue weighted by atomic mass is 9.90. The van der Waals surface area contributed by atoms with Crippen molar-refractivity contribution < 1.29 is 14.3 Å². The Morgan fingerprint density at radius 3 is 2.13 bits per heavy atom. The standard InChI is InChI=1S/C26H24N2O3/c1-20(29)28-23-15-10-16-24(19-23)31-18-9-8-17-27-26(30)25(21-11-4-2-5-12-21)22-13-6-3-7-14-22/h2-7,10-16,19,25H,17-18H2,1H3,(H,27,30)(H,28,29). The first-order valence-electron chi connectivity index (χ1n) is 9.97. The molecule has 3 aromatic rings. The van der Waals surface area contributed by atoms with Gasteiger partial charge in [-0.05, 0) is 23.3 Å². The highest BCUT2D eigenvalue weighted by Crippen LogP contribution is 2.24. The van der Waals surface area contributed by atoms with Crippen molar-refractivity contribution in [3.05, 3.63) is 96.1 Å². The first kappa shape index (κ1) is 21.7. The molecule has 0 aromatic heterocycles. The summed E-state index contributed by atoms with van der Waals surface area (Å²) in [4.78, 5) is 24.0. The molecule has 156 valence electrons. The summed E-state index contributed by atoms with van der Waals surface area (Å²) in [6.07, 6.45) is 0. The van der Waals surface area contributed by atoms with Crippen LogP contribution in [0, 0.1) is 11.8 Å². The third-order valence-electron chi connectivity index (χ3n) is 4.47. The average Bonchev–Trinajstić information content (AvgIpc) is 2.78. The van der Waals surface area contributed by atoms with Crippen molar-refractivity contribution in [2.45, 2.75) is 12.8 Å². The summed E-state index contributed by atoms with van der Waals surface area (Å²) in [5, 5.41) is 5.60. The van der Waals surface area contributed by atoms with Crippen molar-refractivity contribution in [3.8, 4) is 17.6 Å². The van der Waals surface area contributed by atoms with Gasteiger partial charge in [0, 0.05) is 18.7 Å². The van der Waals surface area contributed by atoms with Crippen LogP contribution in [0.15, 0.2) is 84.9 Å². The Kier molecular flexibility index (Phi) is 7.84. The summed E-state index contributed by atoms with van der Waals surface area (Å²) in [6.45, 7) is 1.86. The molecule has 5 nitrogen and oxygen atoms in total. The monoisotopic (exact) mass is 412 g/mol. The lowest BCUT2D eigenvalue weighted by Gasteiger charge is -2.17. The van der Waals surface area contributed by atoms with E-state index >= 15 is 0 Å². The Morgan fingerprint density at radius 2 is 1.52 bits per heavy atom. The van der Waals surface area contributed by atoms with E-state index in [4.69, 9.17) is 4.74 Å². The van der Waals surface area contributed by atoms with E-state index in [9.17, 15) is 9.59 Å². The van der Waals surface area contributed by atoms with Gasteiger partial charge in [0.25, 0.3) is 0 Å². The number of amides is 2. The molecule has 5 heteroatoms. The number of anilines is 1. The summed E-state index contributed by atoms with van der Waals surface area (Å²) >= 11 is 0. The molecule has 3 rings (SSSR count). The van der Waals surface area contributed by atoms with Crippen LogP contribution in [0.4, 0.5) is 5.69 Å². The molecule has 0 unspecified atom stereocenters. The Balaban J connectivity index is 1.54. The van der Waals surface area contributed by atoms with Gasteiger partial charge in [-0.2, -0.15) is 0 Å². The minimum Gasteiger partial charge on any atom is -0.481 e. The van der Waals surface area contributed by atoms with Crippen LogP contribution < -0.4 is 15.4 Å². The predicted molar refractivity (Wildman–Crippen MR) is 122 cm³/mol. The zero-order valence-corrected chi connectivity index (χ0v) is 17.3. The second-order valence-electron chi connectivity index (χ2n) is 6.82. The summed E-state index contributed by atoms with van der Waals surface area (Å²) in [5.41, 5.74) is 2.53. The van der Waals surface area contributed by atoms with Gasteiger partial charge in [0.05, 0.1) is 12.5 Å². The van der Waals surface area contributed by atoms with Crippen molar-refractivity contribution in [1.82, 2.24) is 5.32 Å². The van der Waals surface area contributed by atoms with Crippen LogP contribution >= 0.6 is 0 Å². The fraction of sp³-hybridized carbons (Fsp3) is 0.154. The number of carbonyl (C=O) groups excluding carboxylic acids is 2. The Bertz CT molecular complexity index is 1030. The highest BCUT2D eigenvalue weighted by molar-refractivity contribution is 5.89. The number of rotatable bonds is 7. The number of hydrogen-bond acceptors (Lipinski definition) is 3. The summed E-state index contributed by atoms with van der Waals surface area (Å²) in [5.74, 6) is 5.78. The molecular weight excluding hydrogens is 388 g/mol. The van der Waals surface area contributed by atoms with Crippen LogP contribution in [0.3, 0.4) is 0 Å². The average molecular weight is 412 g/mol. The quantitative estimate of drug-likeness (QED) is 0.577. The molecule has 0 aliphatic heterocycles. The van der Waals surface area contributed by atoms with Gasteiger partial charge in [0.2, 0.25) is 11.8 Å². The highest BCUT2D eigenvalue weighted by atomic mass is 16.5. The lowest BCUT2D eigenvalue weighted by Crippen LogP contribution is -2.30. The molecule has 0 saturated heterocycles. The van der Waals surface area contributed by atoms with Gasteiger partial charge >= 0.3 is 0 Å². The smallest absolute Gasteiger partial charge is 0.232 e. The molecule has 0 bridgehead atoms. The van der Waals surface area contributed by atoms with E-state index in [1.165, 1.54) is 6.92 Å². The van der Waals surface area contributed by atoms with Gasteiger partial charge in [0.15, 0.2) is 0 Å². The van der Waals surface area contributed by atoms with Gasteiger partial charge < -0.3 is 15.4 Å². The first-order chi connectivity index (χ1) is 15.1. The van der Waals surface area contributed by atoms with Crippen LogP contribution in [-0.2, 0) is 9.59 Å². The lowest BCUT2D eigenvalue weighted by molar-refractivity contribution is -0.121. The van der Waals surface area contributed by atoms with E-state index in [-0.39, 0.29) is 25.0 Å². The first-order valence-corrected chi connectivity index (χ1v) is 9.97. The summed E-state index contributed by atoms with van der Waals surface area (Å²) < 4.78 is 5.58. The molecule has 0 heterocycles. The minimum absolute atomic E-state index is 0.101. The van der Waals surface area contributed by atoms with E-state index in [2.05, 4.69) is 22.5 Å². The summed E-state index contributed by atoms with van der Waals surface area (Å²) in [7, 11) is 0. The summed E-state index contributed by atoms with van der Waals surface area (Å²) in [6, 6.07) is 26.5. The zero-order valence-electron chi connectivity index (χ0n) is 17.3. The molecule has 0 aliphatic rings. The van der Waals surface area contributed by atoms with Crippen molar-refractivity contribution >= 4 is 17.5 Å². The number of nitrogens with one attached hydrogen (secondary N) is 2.